The van der Waals surface area contributed by atoms with Gasteiger partial charge in [0, 0.05) is 24.7 Å². The third-order valence-corrected chi connectivity index (χ3v) is 7.33. The molecule has 0 unspecified atom stereocenters. The van der Waals surface area contributed by atoms with Gasteiger partial charge in [0.1, 0.15) is 28.2 Å². The number of imidazole rings is 1. The van der Waals surface area contributed by atoms with E-state index in [1.54, 1.807) is 13.1 Å². The van der Waals surface area contributed by atoms with Crippen LogP contribution in [0.25, 0.3) is 22.6 Å². The van der Waals surface area contributed by atoms with E-state index in [1.807, 2.05) is 0 Å². The van der Waals surface area contributed by atoms with Gasteiger partial charge in [0.25, 0.3) is 10.0 Å². The zero-order valence-electron chi connectivity index (χ0n) is 18.6. The number of rotatable bonds is 7. The molecule has 5 rings (SSSR count). The van der Waals surface area contributed by atoms with E-state index in [0.717, 1.165) is 31.0 Å². The Balaban J connectivity index is 1.63. The monoisotopic (exact) mass is 534 g/mol. The van der Waals surface area contributed by atoms with Gasteiger partial charge in [-0.15, -0.1) is 0 Å². The van der Waals surface area contributed by atoms with E-state index in [9.17, 15) is 21.6 Å². The molecule has 36 heavy (non-hydrogen) atoms. The van der Waals surface area contributed by atoms with Gasteiger partial charge in [-0.1, -0.05) is 11.6 Å². The Morgan fingerprint density at radius 2 is 1.83 bits per heavy atom. The lowest BCUT2D eigenvalue weighted by Gasteiger charge is -2.13. The van der Waals surface area contributed by atoms with Crippen LogP contribution in [0, 0.1) is 17.5 Å². The number of hydrogen-bond acceptors (Lipinski definition) is 6. The van der Waals surface area contributed by atoms with Crippen molar-refractivity contribution in [3.63, 3.8) is 0 Å². The quantitative estimate of drug-likeness (QED) is 0.296. The van der Waals surface area contributed by atoms with Crippen molar-refractivity contribution >= 4 is 33.3 Å². The average molecular weight is 535 g/mol. The first-order valence-electron chi connectivity index (χ1n) is 10.7. The Bertz CT molecular complexity index is 1590. The lowest BCUT2D eigenvalue weighted by atomic mass is 10.1. The van der Waals surface area contributed by atoms with Crippen LogP contribution in [0.3, 0.4) is 0 Å². The van der Waals surface area contributed by atoms with Crippen LogP contribution in [0.2, 0.25) is 5.02 Å². The highest BCUT2D eigenvalue weighted by molar-refractivity contribution is 7.92. The molecule has 0 aliphatic heterocycles. The number of H-pyrrole nitrogens is 1. The van der Waals surface area contributed by atoms with Gasteiger partial charge in [-0.2, -0.15) is 0 Å². The lowest BCUT2D eigenvalue weighted by Crippen LogP contribution is -2.15. The third-order valence-electron chi connectivity index (χ3n) is 5.54. The number of anilines is 2. The van der Waals surface area contributed by atoms with Gasteiger partial charge in [-0.3, -0.25) is 4.72 Å². The summed E-state index contributed by atoms with van der Waals surface area (Å²) in [5.74, 6) is -1.76. The van der Waals surface area contributed by atoms with E-state index < -0.39 is 32.4 Å². The number of benzene rings is 2. The smallest absolute Gasteiger partial charge is 0.264 e. The summed E-state index contributed by atoms with van der Waals surface area (Å²) in [6.45, 7) is 0. The van der Waals surface area contributed by atoms with Gasteiger partial charge in [0.05, 0.1) is 27.8 Å². The minimum atomic E-state index is -4.65. The number of sulfonamides is 1. The summed E-state index contributed by atoms with van der Waals surface area (Å²) < 4.78 is 70.2. The third kappa shape index (κ3) is 4.61. The Morgan fingerprint density at radius 1 is 1.06 bits per heavy atom. The van der Waals surface area contributed by atoms with Crippen molar-refractivity contribution in [2.24, 2.45) is 0 Å². The Kier molecular flexibility index (Phi) is 6.08. The fourth-order valence-corrected chi connectivity index (χ4v) is 5.11. The van der Waals surface area contributed by atoms with E-state index in [0.29, 0.717) is 35.3 Å². The zero-order valence-corrected chi connectivity index (χ0v) is 20.2. The average Bonchev–Trinajstić information content (AvgIpc) is 3.61. The molecule has 3 N–H and O–H groups in total. The molecular weight excluding hydrogens is 517 g/mol. The molecule has 1 aliphatic rings. The van der Waals surface area contributed by atoms with Crippen molar-refractivity contribution in [2.45, 2.75) is 23.7 Å². The number of nitrogens with one attached hydrogen (secondary N) is 3. The summed E-state index contributed by atoms with van der Waals surface area (Å²) in [5, 5.41) is 2.66. The van der Waals surface area contributed by atoms with Crippen LogP contribution in [-0.4, -0.2) is 35.4 Å². The maximum atomic E-state index is 14.7. The molecule has 8 nitrogen and oxygen atoms in total. The molecule has 1 aliphatic carbocycles. The van der Waals surface area contributed by atoms with Crippen molar-refractivity contribution in [1.82, 2.24) is 19.9 Å². The fourth-order valence-electron chi connectivity index (χ4n) is 3.66. The molecule has 2 aromatic heterocycles. The number of aromatic nitrogens is 4. The SMILES string of the molecule is CNc1nccc(-c2[nH]c(C3CC3)nc2-c2cc(F)cc(NS(=O)(=O)c3cc(F)ccc3F)c2Cl)n1. The molecule has 0 atom stereocenters. The molecular formula is C23H18ClF3N6O2S. The molecule has 2 heterocycles. The maximum absolute atomic E-state index is 14.7. The molecule has 1 saturated carbocycles. The van der Waals surface area contributed by atoms with Crippen LogP contribution in [0.5, 0.6) is 0 Å². The summed E-state index contributed by atoms with van der Waals surface area (Å²) in [5.41, 5.74) is 0.855. The fraction of sp³-hybridized carbons (Fsp3) is 0.174. The van der Waals surface area contributed by atoms with Crippen LogP contribution in [0.4, 0.5) is 24.8 Å². The standard InChI is InChI=1S/C23H18ClF3N6O2S/c1-28-23-29-7-6-16(30-23)21-20(31-22(32-21)11-2-3-11)14-8-13(26)9-17(19(14)24)33-36(34,35)18-10-12(25)4-5-15(18)27/h4-11,33H,2-3H2,1H3,(H,31,32)(H,28,29,30). The second-order valence-corrected chi connectivity index (χ2v) is 10.2. The van der Waals surface area contributed by atoms with Gasteiger partial charge in [0.2, 0.25) is 5.95 Å². The van der Waals surface area contributed by atoms with E-state index in [-0.39, 0.29) is 27.9 Å². The van der Waals surface area contributed by atoms with Crippen molar-refractivity contribution in [3.8, 4) is 22.6 Å². The normalized spacial score (nSPS) is 13.6. The number of aromatic amines is 1. The van der Waals surface area contributed by atoms with Crippen LogP contribution in [0.15, 0.2) is 47.5 Å². The minimum absolute atomic E-state index is 0.0804. The highest BCUT2D eigenvalue weighted by Crippen LogP contribution is 2.44. The number of nitrogens with zero attached hydrogens (tertiary/aromatic N) is 3. The maximum Gasteiger partial charge on any atom is 0.264 e. The van der Waals surface area contributed by atoms with E-state index >= 15 is 0 Å². The molecule has 2 aromatic carbocycles. The van der Waals surface area contributed by atoms with Crippen LogP contribution in [-0.2, 0) is 10.0 Å². The second-order valence-electron chi connectivity index (χ2n) is 8.13. The molecule has 0 amide bonds. The number of halogens is 4. The van der Waals surface area contributed by atoms with Gasteiger partial charge >= 0.3 is 0 Å². The van der Waals surface area contributed by atoms with E-state index in [1.165, 1.54) is 6.20 Å². The van der Waals surface area contributed by atoms with Crippen LogP contribution < -0.4 is 10.0 Å². The highest BCUT2D eigenvalue weighted by Gasteiger charge is 2.30. The Labute approximate surface area is 209 Å². The van der Waals surface area contributed by atoms with E-state index in [2.05, 4.69) is 30.0 Å². The van der Waals surface area contributed by atoms with Crippen LogP contribution in [0.1, 0.15) is 24.6 Å². The first-order valence-corrected chi connectivity index (χ1v) is 12.6. The van der Waals surface area contributed by atoms with Crippen LogP contribution >= 0.6 is 11.6 Å². The molecule has 4 aromatic rings. The van der Waals surface area contributed by atoms with Crippen molar-refractivity contribution in [3.05, 3.63) is 70.9 Å². The first-order chi connectivity index (χ1) is 17.2. The minimum Gasteiger partial charge on any atom is -0.357 e. The molecule has 0 saturated heterocycles. The largest absolute Gasteiger partial charge is 0.357 e. The van der Waals surface area contributed by atoms with Gasteiger partial charge in [0.15, 0.2) is 0 Å². The van der Waals surface area contributed by atoms with Gasteiger partial charge in [-0.05, 0) is 49.2 Å². The highest BCUT2D eigenvalue weighted by atomic mass is 35.5. The topological polar surface area (TPSA) is 113 Å². The van der Waals surface area contributed by atoms with Gasteiger partial charge in [-0.25, -0.2) is 36.5 Å². The summed E-state index contributed by atoms with van der Waals surface area (Å²) >= 11 is 6.54. The summed E-state index contributed by atoms with van der Waals surface area (Å²) in [4.78, 5) is 15.4. The summed E-state index contributed by atoms with van der Waals surface area (Å²) in [7, 11) is -2.99. The molecule has 0 bridgehead atoms. The van der Waals surface area contributed by atoms with Crippen molar-refractivity contribution in [1.29, 1.82) is 0 Å². The van der Waals surface area contributed by atoms with Gasteiger partial charge < -0.3 is 10.3 Å². The van der Waals surface area contributed by atoms with E-state index in [4.69, 9.17) is 11.6 Å². The summed E-state index contributed by atoms with van der Waals surface area (Å²) in [6, 6.07) is 5.58. The Morgan fingerprint density at radius 3 is 2.56 bits per heavy atom. The van der Waals surface area contributed by atoms with Crippen molar-refractivity contribution < 1.29 is 21.6 Å². The zero-order chi connectivity index (χ0) is 25.6. The molecule has 13 heteroatoms. The Hall–Kier alpha value is -3.64. The molecule has 1 fully saturated rings. The molecule has 0 radical (unpaired) electrons. The number of hydrogen-bond donors (Lipinski definition) is 3. The lowest BCUT2D eigenvalue weighted by molar-refractivity contribution is 0.555. The van der Waals surface area contributed by atoms with Crippen molar-refractivity contribution in [2.75, 3.05) is 17.1 Å². The summed E-state index contributed by atoms with van der Waals surface area (Å²) in [6.07, 6.45) is 3.40. The first kappa shape index (κ1) is 24.1. The second kappa shape index (κ2) is 9.10. The molecule has 186 valence electrons. The molecule has 0 spiro atoms. The predicted molar refractivity (Wildman–Crippen MR) is 129 cm³/mol. The predicted octanol–water partition coefficient (Wildman–Crippen LogP) is 5.32.